The van der Waals surface area contributed by atoms with Crippen LogP contribution in [0.2, 0.25) is 0 Å². The molecule has 3 rings (SSSR count). The van der Waals surface area contributed by atoms with Gasteiger partial charge in [-0.15, -0.1) is 0 Å². The van der Waals surface area contributed by atoms with E-state index in [1.807, 2.05) is 13.0 Å². The lowest BCUT2D eigenvalue weighted by Gasteiger charge is -2.16. The van der Waals surface area contributed by atoms with Gasteiger partial charge in [0.15, 0.2) is 0 Å². The number of rotatable bonds is 5. The largest absolute Gasteiger partial charge is 0.346 e. The molecule has 0 spiro atoms. The standard InChI is InChI=1S/C19H22N4O4S/c1-10-7-14(9-17(11(10)2)28(26,27)20-4)18(24)21-12(3)13-5-6-15-16(8-13)23-19(25)22-15/h5-9,12,20H,1-4H3,(H,21,24)(H2,22,23,25). The van der Waals surface area contributed by atoms with Gasteiger partial charge in [0.2, 0.25) is 10.0 Å². The second kappa shape index (κ2) is 7.25. The number of aromatic amines is 2. The van der Waals surface area contributed by atoms with Crippen LogP contribution in [0, 0.1) is 13.8 Å². The van der Waals surface area contributed by atoms with E-state index in [9.17, 15) is 18.0 Å². The SMILES string of the molecule is CNS(=O)(=O)c1cc(C(=O)NC(C)c2ccc3[nH]c(=O)[nH]c3c2)cc(C)c1C. The van der Waals surface area contributed by atoms with Gasteiger partial charge in [0.1, 0.15) is 0 Å². The number of hydrogen-bond donors (Lipinski definition) is 4. The monoisotopic (exact) mass is 402 g/mol. The lowest BCUT2D eigenvalue weighted by atomic mass is 10.0. The minimum Gasteiger partial charge on any atom is -0.346 e. The number of imidazole rings is 1. The van der Waals surface area contributed by atoms with E-state index in [1.54, 1.807) is 32.0 Å². The van der Waals surface area contributed by atoms with Gasteiger partial charge in [-0.1, -0.05) is 6.07 Å². The zero-order chi connectivity index (χ0) is 20.6. The second-order valence-electron chi connectivity index (χ2n) is 6.70. The highest BCUT2D eigenvalue weighted by atomic mass is 32.2. The van der Waals surface area contributed by atoms with E-state index in [4.69, 9.17) is 0 Å². The van der Waals surface area contributed by atoms with Gasteiger partial charge in [-0.3, -0.25) is 4.79 Å². The normalized spacial score (nSPS) is 12.9. The van der Waals surface area contributed by atoms with Crippen LogP contribution >= 0.6 is 0 Å². The number of nitrogens with one attached hydrogen (secondary N) is 4. The van der Waals surface area contributed by atoms with Crippen molar-refractivity contribution in [3.63, 3.8) is 0 Å². The topological polar surface area (TPSA) is 124 Å². The molecule has 0 bridgehead atoms. The molecule has 4 N–H and O–H groups in total. The molecule has 1 amide bonds. The van der Waals surface area contributed by atoms with E-state index in [0.717, 1.165) is 5.56 Å². The predicted octanol–water partition coefficient (Wildman–Crippen LogP) is 1.87. The van der Waals surface area contributed by atoms with Crippen molar-refractivity contribution in [2.75, 3.05) is 7.05 Å². The third-order valence-electron chi connectivity index (χ3n) is 4.83. The quantitative estimate of drug-likeness (QED) is 0.520. The summed E-state index contributed by atoms with van der Waals surface area (Å²) >= 11 is 0. The van der Waals surface area contributed by atoms with Crippen LogP contribution in [0.3, 0.4) is 0 Å². The number of aryl methyl sites for hydroxylation is 1. The summed E-state index contributed by atoms with van der Waals surface area (Å²) in [6, 6.07) is 8.06. The molecular formula is C19H22N4O4S. The molecule has 0 aliphatic carbocycles. The minimum atomic E-state index is -3.68. The highest BCUT2D eigenvalue weighted by Gasteiger charge is 2.20. The Morgan fingerprint density at radius 3 is 2.43 bits per heavy atom. The molecule has 28 heavy (non-hydrogen) atoms. The lowest BCUT2D eigenvalue weighted by molar-refractivity contribution is 0.0939. The summed E-state index contributed by atoms with van der Waals surface area (Å²) in [6.07, 6.45) is 0. The van der Waals surface area contributed by atoms with Crippen molar-refractivity contribution >= 4 is 27.0 Å². The van der Waals surface area contributed by atoms with Crippen molar-refractivity contribution in [1.29, 1.82) is 0 Å². The van der Waals surface area contributed by atoms with E-state index in [0.29, 0.717) is 22.2 Å². The van der Waals surface area contributed by atoms with Gasteiger partial charge in [0.25, 0.3) is 5.91 Å². The number of H-pyrrole nitrogens is 2. The highest BCUT2D eigenvalue weighted by molar-refractivity contribution is 7.89. The minimum absolute atomic E-state index is 0.0825. The highest BCUT2D eigenvalue weighted by Crippen LogP contribution is 2.22. The molecule has 3 aromatic rings. The molecule has 1 aromatic heterocycles. The van der Waals surface area contributed by atoms with Crippen molar-refractivity contribution in [1.82, 2.24) is 20.0 Å². The van der Waals surface area contributed by atoms with Crippen molar-refractivity contribution in [2.45, 2.75) is 31.7 Å². The van der Waals surface area contributed by atoms with Crippen LogP contribution in [0.1, 0.15) is 40.0 Å². The third kappa shape index (κ3) is 3.71. The average Bonchev–Trinajstić information content (AvgIpc) is 3.02. The average molecular weight is 402 g/mol. The summed E-state index contributed by atoms with van der Waals surface area (Å²) in [4.78, 5) is 29.6. The summed E-state index contributed by atoms with van der Waals surface area (Å²) in [6.45, 7) is 5.28. The number of benzene rings is 2. The Kier molecular flexibility index (Phi) is 5.14. The molecule has 8 nitrogen and oxygen atoms in total. The van der Waals surface area contributed by atoms with Crippen LogP contribution in [0.4, 0.5) is 0 Å². The van der Waals surface area contributed by atoms with Crippen LogP contribution in [0.5, 0.6) is 0 Å². The van der Waals surface area contributed by atoms with Crippen LogP contribution in [0.15, 0.2) is 40.0 Å². The molecule has 0 saturated carbocycles. The van der Waals surface area contributed by atoms with Gasteiger partial charge in [0, 0.05) is 5.56 Å². The summed E-state index contributed by atoms with van der Waals surface area (Å²) in [5, 5.41) is 2.87. The molecule has 2 aromatic carbocycles. The number of hydrogen-bond acceptors (Lipinski definition) is 4. The van der Waals surface area contributed by atoms with Crippen LogP contribution in [0.25, 0.3) is 11.0 Å². The molecule has 0 saturated heterocycles. The van der Waals surface area contributed by atoms with E-state index >= 15 is 0 Å². The van der Waals surface area contributed by atoms with Crippen LogP contribution < -0.4 is 15.7 Å². The number of fused-ring (bicyclic) bond motifs is 1. The molecule has 0 radical (unpaired) electrons. The van der Waals surface area contributed by atoms with E-state index in [1.165, 1.54) is 13.1 Å². The van der Waals surface area contributed by atoms with Crippen molar-refractivity contribution < 1.29 is 13.2 Å². The van der Waals surface area contributed by atoms with Crippen LogP contribution in [-0.2, 0) is 10.0 Å². The number of amides is 1. The zero-order valence-corrected chi connectivity index (χ0v) is 16.8. The first-order valence-corrected chi connectivity index (χ1v) is 10.2. The van der Waals surface area contributed by atoms with Crippen molar-refractivity contribution in [2.24, 2.45) is 0 Å². The maximum absolute atomic E-state index is 12.7. The fourth-order valence-corrected chi connectivity index (χ4v) is 4.10. The molecule has 1 atom stereocenters. The first-order valence-electron chi connectivity index (χ1n) is 8.70. The molecule has 148 valence electrons. The second-order valence-corrected chi connectivity index (χ2v) is 8.56. The van der Waals surface area contributed by atoms with E-state index in [-0.39, 0.29) is 28.1 Å². The molecule has 0 aliphatic heterocycles. The summed E-state index contributed by atoms with van der Waals surface area (Å²) in [5.41, 5.74) is 3.42. The van der Waals surface area contributed by atoms with E-state index in [2.05, 4.69) is 20.0 Å². The maximum Gasteiger partial charge on any atom is 0.323 e. The van der Waals surface area contributed by atoms with Gasteiger partial charge >= 0.3 is 5.69 Å². The van der Waals surface area contributed by atoms with Gasteiger partial charge in [-0.2, -0.15) is 0 Å². The van der Waals surface area contributed by atoms with Gasteiger partial charge in [0.05, 0.1) is 22.0 Å². The summed E-state index contributed by atoms with van der Waals surface area (Å²) in [7, 11) is -2.34. The van der Waals surface area contributed by atoms with Gasteiger partial charge in [-0.25, -0.2) is 17.9 Å². The number of carbonyl (C=O) groups excluding carboxylic acids is 1. The fraction of sp³-hybridized carbons (Fsp3) is 0.263. The Morgan fingerprint density at radius 2 is 1.75 bits per heavy atom. The molecule has 1 heterocycles. The smallest absolute Gasteiger partial charge is 0.323 e. The van der Waals surface area contributed by atoms with Crippen molar-refractivity contribution in [3.8, 4) is 0 Å². The Morgan fingerprint density at radius 1 is 1.07 bits per heavy atom. The first kappa shape index (κ1) is 19.8. The predicted molar refractivity (Wildman–Crippen MR) is 107 cm³/mol. The Hall–Kier alpha value is -2.91. The Bertz CT molecular complexity index is 1220. The zero-order valence-electron chi connectivity index (χ0n) is 16.0. The molecule has 0 aliphatic rings. The molecule has 1 unspecified atom stereocenters. The maximum atomic E-state index is 12.7. The Balaban J connectivity index is 1.90. The summed E-state index contributed by atoms with van der Waals surface area (Å²) in [5.74, 6) is -0.384. The third-order valence-corrected chi connectivity index (χ3v) is 6.37. The number of aromatic nitrogens is 2. The van der Waals surface area contributed by atoms with Gasteiger partial charge in [-0.05, 0) is 68.8 Å². The van der Waals surface area contributed by atoms with E-state index < -0.39 is 10.0 Å². The molecule has 0 fully saturated rings. The fourth-order valence-electron chi connectivity index (χ4n) is 3.03. The summed E-state index contributed by atoms with van der Waals surface area (Å²) < 4.78 is 26.8. The first-order chi connectivity index (χ1) is 13.1. The molecular weight excluding hydrogens is 380 g/mol. The van der Waals surface area contributed by atoms with Crippen molar-refractivity contribution in [3.05, 3.63) is 63.1 Å². The lowest BCUT2D eigenvalue weighted by Crippen LogP contribution is -2.27. The number of carbonyl (C=O) groups is 1. The van der Waals surface area contributed by atoms with Crippen LogP contribution in [-0.4, -0.2) is 31.3 Å². The Labute approximate surface area is 162 Å². The molecule has 9 heteroatoms. The number of sulfonamides is 1. The van der Waals surface area contributed by atoms with Gasteiger partial charge < -0.3 is 15.3 Å².